The molecule has 0 fully saturated rings. The second kappa shape index (κ2) is 10.1. The summed E-state index contributed by atoms with van der Waals surface area (Å²) >= 11 is 5.84. The monoisotopic (exact) mass is 396 g/mol. The molecule has 0 spiro atoms. The molecular weight excluding hydrogens is 376 g/mol. The van der Waals surface area contributed by atoms with E-state index in [2.05, 4.69) is 24.0 Å². The van der Waals surface area contributed by atoms with Gasteiger partial charge in [0.05, 0.1) is 5.70 Å². The van der Waals surface area contributed by atoms with Gasteiger partial charge in [-0.2, -0.15) is 0 Å². The zero-order valence-electron chi connectivity index (χ0n) is 15.4. The fourth-order valence-corrected chi connectivity index (χ4v) is 2.36. The van der Waals surface area contributed by atoms with Crippen LogP contribution < -0.4 is 15.6 Å². The van der Waals surface area contributed by atoms with E-state index in [1.54, 1.807) is 73.7 Å². The summed E-state index contributed by atoms with van der Waals surface area (Å²) in [5, 5.41) is 0.572. The van der Waals surface area contributed by atoms with Crippen LogP contribution in [-0.2, 0) is 4.79 Å². The number of nitrogens with one attached hydrogen (secondary N) is 2. The van der Waals surface area contributed by atoms with Crippen LogP contribution in [0.25, 0.3) is 0 Å². The summed E-state index contributed by atoms with van der Waals surface area (Å²) in [4.78, 5) is 24.6. The molecular formula is C22H21ClN2O3. The van der Waals surface area contributed by atoms with Gasteiger partial charge in [0.15, 0.2) is 11.9 Å². The van der Waals surface area contributed by atoms with E-state index in [1.165, 1.54) is 0 Å². The molecule has 0 aliphatic rings. The van der Waals surface area contributed by atoms with Crippen molar-refractivity contribution in [2.75, 3.05) is 0 Å². The van der Waals surface area contributed by atoms with Crippen molar-refractivity contribution in [2.45, 2.75) is 13.0 Å². The van der Waals surface area contributed by atoms with Crippen molar-refractivity contribution in [2.24, 2.45) is 0 Å². The van der Waals surface area contributed by atoms with Crippen molar-refractivity contribution in [3.8, 4) is 5.75 Å². The largest absolute Gasteiger partial charge is 0.481 e. The lowest BCUT2D eigenvalue weighted by atomic mass is 10.0. The average Bonchev–Trinajstić information content (AvgIpc) is 2.71. The molecule has 0 radical (unpaired) electrons. The summed E-state index contributed by atoms with van der Waals surface area (Å²) < 4.78 is 5.61. The quantitative estimate of drug-likeness (QED) is 0.378. The first-order valence-electron chi connectivity index (χ1n) is 8.52. The number of hydrogen-bond acceptors (Lipinski definition) is 4. The minimum atomic E-state index is -0.750. The van der Waals surface area contributed by atoms with Crippen molar-refractivity contribution in [3.63, 3.8) is 0 Å². The Morgan fingerprint density at radius 3 is 2.11 bits per heavy atom. The molecule has 2 aromatic carbocycles. The second-order valence-electron chi connectivity index (χ2n) is 5.80. The van der Waals surface area contributed by atoms with Gasteiger partial charge in [-0.3, -0.25) is 20.4 Å². The zero-order chi connectivity index (χ0) is 20.5. The number of allylic oxidation sites excluding steroid dienone is 3. The molecule has 28 heavy (non-hydrogen) atoms. The van der Waals surface area contributed by atoms with Crippen LogP contribution in [0.5, 0.6) is 5.75 Å². The van der Waals surface area contributed by atoms with E-state index < -0.39 is 6.10 Å². The van der Waals surface area contributed by atoms with Crippen LogP contribution in [0.15, 0.2) is 85.6 Å². The van der Waals surface area contributed by atoms with E-state index in [0.717, 1.165) is 0 Å². The maximum absolute atomic E-state index is 12.5. The van der Waals surface area contributed by atoms with Gasteiger partial charge < -0.3 is 4.74 Å². The van der Waals surface area contributed by atoms with E-state index in [-0.39, 0.29) is 11.7 Å². The molecule has 5 nitrogen and oxygen atoms in total. The lowest BCUT2D eigenvalue weighted by Crippen LogP contribution is -2.43. The molecule has 144 valence electrons. The molecule has 1 amide bonds. The summed E-state index contributed by atoms with van der Waals surface area (Å²) in [6.45, 7) is 8.82. The Kier molecular flexibility index (Phi) is 7.60. The van der Waals surface area contributed by atoms with Crippen molar-refractivity contribution in [3.05, 3.63) is 102 Å². The van der Waals surface area contributed by atoms with Gasteiger partial charge in [0.25, 0.3) is 5.91 Å². The Bertz CT molecular complexity index is 887. The molecule has 1 atom stereocenters. The lowest BCUT2D eigenvalue weighted by Gasteiger charge is -2.16. The van der Waals surface area contributed by atoms with Gasteiger partial charge >= 0.3 is 0 Å². The first kappa shape index (κ1) is 21.0. The Morgan fingerprint density at radius 2 is 1.57 bits per heavy atom. The first-order chi connectivity index (χ1) is 13.4. The molecule has 2 aromatic rings. The van der Waals surface area contributed by atoms with Gasteiger partial charge in [0.2, 0.25) is 0 Å². The minimum absolute atomic E-state index is 0.121. The number of hydrogen-bond donors (Lipinski definition) is 2. The van der Waals surface area contributed by atoms with Gasteiger partial charge in [-0.05, 0) is 67.6 Å². The number of ketones is 1. The Morgan fingerprint density at radius 1 is 1.00 bits per heavy atom. The highest BCUT2D eigenvalue weighted by Crippen LogP contribution is 2.18. The van der Waals surface area contributed by atoms with Gasteiger partial charge in [-0.1, -0.05) is 30.8 Å². The third-order valence-corrected chi connectivity index (χ3v) is 4.00. The fourth-order valence-electron chi connectivity index (χ4n) is 2.23. The number of carbonyl (C=O) groups is 2. The third-order valence-electron chi connectivity index (χ3n) is 3.75. The number of hydrazine groups is 1. The zero-order valence-corrected chi connectivity index (χ0v) is 16.2. The molecule has 0 bridgehead atoms. The Labute approximate surface area is 169 Å². The first-order valence-corrected chi connectivity index (χ1v) is 8.90. The second-order valence-corrected chi connectivity index (χ2v) is 6.23. The van der Waals surface area contributed by atoms with Crippen molar-refractivity contribution in [1.29, 1.82) is 0 Å². The van der Waals surface area contributed by atoms with Crippen LogP contribution in [0.3, 0.4) is 0 Å². The molecule has 2 rings (SSSR count). The van der Waals surface area contributed by atoms with Crippen LogP contribution in [0.1, 0.15) is 22.8 Å². The van der Waals surface area contributed by atoms with E-state index in [0.29, 0.717) is 27.6 Å². The highest BCUT2D eigenvalue weighted by molar-refractivity contribution is 6.30. The molecule has 0 aliphatic carbocycles. The van der Waals surface area contributed by atoms with Crippen molar-refractivity contribution in [1.82, 2.24) is 10.9 Å². The maximum Gasteiger partial charge on any atom is 0.279 e. The highest BCUT2D eigenvalue weighted by Gasteiger charge is 2.15. The topological polar surface area (TPSA) is 67.4 Å². The Balaban J connectivity index is 1.95. The molecule has 0 aliphatic heterocycles. The van der Waals surface area contributed by atoms with Crippen LogP contribution >= 0.6 is 11.6 Å². The summed E-state index contributed by atoms with van der Waals surface area (Å²) in [5.41, 5.74) is 6.90. The summed E-state index contributed by atoms with van der Waals surface area (Å²) in [7, 11) is 0. The van der Waals surface area contributed by atoms with Gasteiger partial charge in [-0.25, -0.2) is 0 Å². The van der Waals surface area contributed by atoms with E-state index in [4.69, 9.17) is 16.3 Å². The average molecular weight is 397 g/mol. The van der Waals surface area contributed by atoms with Crippen molar-refractivity contribution < 1.29 is 14.3 Å². The number of rotatable bonds is 9. The van der Waals surface area contributed by atoms with Gasteiger partial charge in [0, 0.05) is 16.1 Å². The summed E-state index contributed by atoms with van der Waals surface area (Å²) in [5.74, 6) is -0.0109. The number of halogens is 1. The van der Waals surface area contributed by atoms with Crippen molar-refractivity contribution >= 4 is 23.3 Å². The number of carbonyl (C=O) groups excluding carboxylic acids is 2. The number of amides is 1. The standard InChI is InChI=1S/C22H21ClN2O3/c1-4-6-19(5-2)24-25-22(27)15(3)28-20-13-9-17(10-14-20)21(26)16-7-11-18(23)12-8-16/h4-15,24H,1-2H2,3H3,(H,25,27)/b19-6+. The molecule has 2 N–H and O–H groups in total. The van der Waals surface area contributed by atoms with E-state index in [1.807, 2.05) is 0 Å². The molecule has 0 saturated carbocycles. The highest BCUT2D eigenvalue weighted by atomic mass is 35.5. The lowest BCUT2D eigenvalue weighted by molar-refractivity contribution is -0.128. The van der Waals surface area contributed by atoms with Crippen LogP contribution in [-0.4, -0.2) is 17.8 Å². The van der Waals surface area contributed by atoms with E-state index in [9.17, 15) is 9.59 Å². The molecule has 0 aromatic heterocycles. The Hall–Kier alpha value is -3.31. The molecule has 0 heterocycles. The summed E-state index contributed by atoms with van der Waals surface area (Å²) in [6.07, 6.45) is 4.03. The molecule has 6 heteroatoms. The molecule has 1 unspecified atom stereocenters. The normalized spacial score (nSPS) is 11.9. The predicted molar refractivity (Wildman–Crippen MR) is 111 cm³/mol. The maximum atomic E-state index is 12.5. The minimum Gasteiger partial charge on any atom is -0.481 e. The predicted octanol–water partition coefficient (Wildman–Crippen LogP) is 4.22. The van der Waals surface area contributed by atoms with Crippen LogP contribution in [0.4, 0.5) is 0 Å². The fraction of sp³-hybridized carbons (Fsp3) is 0.0909. The smallest absolute Gasteiger partial charge is 0.279 e. The SMILES string of the molecule is C=C/C=C(\C=C)NNC(=O)C(C)Oc1ccc(C(=O)c2ccc(Cl)cc2)cc1. The van der Waals surface area contributed by atoms with Crippen LogP contribution in [0.2, 0.25) is 5.02 Å². The van der Waals surface area contributed by atoms with Crippen LogP contribution in [0, 0.1) is 0 Å². The number of ether oxygens (including phenoxy) is 1. The third kappa shape index (κ3) is 5.86. The van der Waals surface area contributed by atoms with E-state index >= 15 is 0 Å². The van der Waals surface area contributed by atoms with Gasteiger partial charge in [-0.15, -0.1) is 0 Å². The van der Waals surface area contributed by atoms with Gasteiger partial charge in [0.1, 0.15) is 5.75 Å². The molecule has 0 saturated heterocycles. The number of benzene rings is 2. The summed E-state index contributed by atoms with van der Waals surface area (Å²) in [6, 6.07) is 13.3.